The van der Waals surface area contributed by atoms with Gasteiger partial charge >= 0.3 is 5.97 Å². The van der Waals surface area contributed by atoms with Crippen LogP contribution in [0.25, 0.3) is 11.1 Å². The number of nitrogens with one attached hydrogen (secondary N) is 1. The number of benzene rings is 2. The zero-order chi connectivity index (χ0) is 26.7. The third-order valence-corrected chi connectivity index (χ3v) is 5.93. The average molecular weight is 523 g/mol. The number of anilines is 1. The number of oxazole rings is 1. The molecule has 1 aliphatic heterocycles. The Morgan fingerprint density at radius 1 is 1.11 bits per heavy atom. The Bertz CT molecular complexity index is 1280. The number of aliphatic carboxylic acids is 1. The Balaban J connectivity index is 1.36. The van der Waals surface area contributed by atoms with E-state index in [1.54, 1.807) is 12.1 Å². The molecule has 0 spiro atoms. The number of ether oxygens (including phenoxy) is 1. The van der Waals surface area contributed by atoms with Gasteiger partial charge in [0.25, 0.3) is 6.01 Å². The van der Waals surface area contributed by atoms with Crippen LogP contribution in [0.1, 0.15) is 19.3 Å². The first-order valence-electron chi connectivity index (χ1n) is 11.2. The molecule has 0 aliphatic carbocycles. The maximum absolute atomic E-state index is 13.8. The van der Waals surface area contributed by atoms with Gasteiger partial charge in [0, 0.05) is 25.1 Å². The smallest absolute Gasteiger partial charge is 0.305 e. The number of ketones is 1. The van der Waals surface area contributed by atoms with Gasteiger partial charge in [-0.1, -0.05) is 12.1 Å². The third-order valence-electron chi connectivity index (χ3n) is 5.93. The van der Waals surface area contributed by atoms with Crippen molar-refractivity contribution in [3.05, 3.63) is 53.6 Å². The summed E-state index contributed by atoms with van der Waals surface area (Å²) in [5.41, 5.74) is 1.31. The summed E-state index contributed by atoms with van der Waals surface area (Å²) in [6, 6.07) is 6.02. The quantitative estimate of drug-likeness (QED) is 0.324. The second-order valence-electron chi connectivity index (χ2n) is 8.44. The molecule has 3 aromatic rings. The number of carboxylic acids is 1. The van der Waals surface area contributed by atoms with Crippen LogP contribution in [-0.2, 0) is 14.4 Å². The molecule has 2 N–H and O–H groups in total. The molecule has 4 rings (SSSR count). The van der Waals surface area contributed by atoms with Crippen molar-refractivity contribution in [1.29, 1.82) is 0 Å². The van der Waals surface area contributed by atoms with Crippen molar-refractivity contribution in [2.24, 2.45) is 5.92 Å². The van der Waals surface area contributed by atoms with Crippen LogP contribution >= 0.6 is 0 Å². The van der Waals surface area contributed by atoms with Crippen molar-refractivity contribution in [1.82, 2.24) is 10.3 Å². The Labute approximate surface area is 207 Å². The largest absolute Gasteiger partial charge is 0.481 e. The molecule has 1 fully saturated rings. The highest BCUT2D eigenvalue weighted by Gasteiger charge is 2.32. The zero-order valence-electron chi connectivity index (χ0n) is 19.2. The standard InChI is InChI=1S/C24H21F4N3O6/c25-13-9-14(26)21(28)22(20(13)27)36-11-17(32)16(10-19(33)34)29-23(35)12-5-7-31(8-6-12)24-30-15-3-1-2-4-18(15)37-24/h1-4,9,12,16H,5-8,10-11H2,(H,29,35)(H,33,34)/t16-/m0/s1. The molecule has 1 amide bonds. The second kappa shape index (κ2) is 10.8. The molecule has 1 aliphatic rings. The molecule has 1 aromatic heterocycles. The SMILES string of the molecule is O=C(O)C[C@H](NC(=O)C1CCN(c2nc3ccccc3o2)CC1)C(=O)COc1c(F)c(F)cc(F)c1F. The number of carbonyl (C=O) groups excluding carboxylic acids is 2. The fourth-order valence-corrected chi connectivity index (χ4v) is 3.96. The topological polar surface area (TPSA) is 122 Å². The van der Waals surface area contributed by atoms with Crippen LogP contribution in [0.4, 0.5) is 23.6 Å². The van der Waals surface area contributed by atoms with E-state index in [4.69, 9.17) is 9.52 Å². The summed E-state index contributed by atoms with van der Waals surface area (Å²) < 4.78 is 64.6. The van der Waals surface area contributed by atoms with Gasteiger partial charge in [-0.2, -0.15) is 13.8 Å². The van der Waals surface area contributed by atoms with Crippen LogP contribution in [0.2, 0.25) is 0 Å². The predicted octanol–water partition coefficient (Wildman–Crippen LogP) is 3.21. The van der Waals surface area contributed by atoms with Crippen molar-refractivity contribution in [2.75, 3.05) is 24.6 Å². The van der Waals surface area contributed by atoms with E-state index in [2.05, 4.69) is 15.0 Å². The first-order valence-corrected chi connectivity index (χ1v) is 11.2. The number of Topliss-reactive ketones (excluding diaryl/α,β-unsaturated/α-hetero) is 1. The lowest BCUT2D eigenvalue weighted by Gasteiger charge is -2.30. The summed E-state index contributed by atoms with van der Waals surface area (Å²) in [5.74, 6) is -12.3. The molecule has 37 heavy (non-hydrogen) atoms. The molecule has 0 bridgehead atoms. The number of piperidine rings is 1. The summed E-state index contributed by atoms with van der Waals surface area (Å²) in [4.78, 5) is 42.8. The van der Waals surface area contributed by atoms with E-state index >= 15 is 0 Å². The summed E-state index contributed by atoms with van der Waals surface area (Å²) >= 11 is 0. The van der Waals surface area contributed by atoms with Gasteiger partial charge in [-0.05, 0) is 25.0 Å². The van der Waals surface area contributed by atoms with E-state index in [1.807, 2.05) is 17.0 Å². The van der Waals surface area contributed by atoms with Gasteiger partial charge < -0.3 is 24.5 Å². The van der Waals surface area contributed by atoms with Crippen LogP contribution in [0.3, 0.4) is 0 Å². The van der Waals surface area contributed by atoms with E-state index < -0.39 is 71.7 Å². The molecule has 9 nitrogen and oxygen atoms in total. The maximum Gasteiger partial charge on any atom is 0.305 e. The van der Waals surface area contributed by atoms with E-state index in [9.17, 15) is 31.9 Å². The number of halogens is 4. The van der Waals surface area contributed by atoms with Crippen LogP contribution < -0.4 is 15.0 Å². The van der Waals surface area contributed by atoms with E-state index in [0.29, 0.717) is 43.0 Å². The number of rotatable bonds is 9. The Morgan fingerprint density at radius 3 is 2.38 bits per heavy atom. The number of fused-ring (bicyclic) bond motifs is 1. The maximum atomic E-state index is 13.8. The number of amides is 1. The monoisotopic (exact) mass is 523 g/mol. The molecule has 0 unspecified atom stereocenters. The highest BCUT2D eigenvalue weighted by atomic mass is 19.2. The van der Waals surface area contributed by atoms with Crippen LogP contribution in [-0.4, -0.2) is 53.5 Å². The minimum Gasteiger partial charge on any atom is -0.481 e. The Morgan fingerprint density at radius 2 is 1.76 bits per heavy atom. The van der Waals surface area contributed by atoms with Gasteiger partial charge in [-0.25, -0.2) is 8.78 Å². The number of para-hydroxylation sites is 2. The van der Waals surface area contributed by atoms with E-state index in [-0.39, 0.29) is 6.07 Å². The van der Waals surface area contributed by atoms with Crippen LogP contribution in [0, 0.1) is 29.2 Å². The van der Waals surface area contributed by atoms with Crippen molar-refractivity contribution in [3.63, 3.8) is 0 Å². The number of hydrogen-bond acceptors (Lipinski definition) is 7. The normalized spacial score (nSPS) is 15.0. The number of aromatic nitrogens is 1. The molecule has 196 valence electrons. The molecule has 2 aromatic carbocycles. The number of carbonyl (C=O) groups is 3. The van der Waals surface area contributed by atoms with Gasteiger partial charge in [-0.15, -0.1) is 0 Å². The van der Waals surface area contributed by atoms with Crippen LogP contribution in [0.15, 0.2) is 34.7 Å². The van der Waals surface area contributed by atoms with Gasteiger partial charge in [0.1, 0.15) is 18.2 Å². The first-order chi connectivity index (χ1) is 17.6. The lowest BCUT2D eigenvalue weighted by Crippen LogP contribution is -2.48. The highest BCUT2D eigenvalue weighted by Crippen LogP contribution is 2.28. The number of nitrogens with zero attached hydrogens (tertiary/aromatic N) is 2. The molecule has 0 saturated carbocycles. The molecule has 13 heteroatoms. The molecular weight excluding hydrogens is 502 g/mol. The van der Waals surface area contributed by atoms with Crippen LogP contribution in [0.5, 0.6) is 5.75 Å². The molecule has 0 radical (unpaired) electrons. The molecular formula is C24H21F4N3O6. The van der Waals surface area contributed by atoms with Crippen molar-refractivity contribution < 1.29 is 46.2 Å². The summed E-state index contributed by atoms with van der Waals surface area (Å²) in [7, 11) is 0. The average Bonchev–Trinajstić information content (AvgIpc) is 3.31. The number of hydrogen-bond donors (Lipinski definition) is 2. The fraction of sp³-hybridized carbons (Fsp3) is 0.333. The minimum absolute atomic E-state index is 0.0254. The highest BCUT2D eigenvalue weighted by molar-refractivity contribution is 5.93. The Kier molecular flexibility index (Phi) is 7.60. The van der Waals surface area contributed by atoms with Gasteiger partial charge in [-0.3, -0.25) is 14.4 Å². The van der Waals surface area contributed by atoms with Crippen molar-refractivity contribution >= 4 is 34.8 Å². The lowest BCUT2D eigenvalue weighted by atomic mass is 9.95. The van der Waals surface area contributed by atoms with Gasteiger partial charge in [0.05, 0.1) is 6.42 Å². The second-order valence-corrected chi connectivity index (χ2v) is 8.44. The summed E-state index contributed by atoms with van der Waals surface area (Å²) in [6.45, 7) is -0.310. The van der Waals surface area contributed by atoms with E-state index in [0.717, 1.165) is 0 Å². The number of carboxylic acid groups (broad SMARTS) is 1. The zero-order valence-corrected chi connectivity index (χ0v) is 19.2. The fourth-order valence-electron chi connectivity index (χ4n) is 3.96. The summed E-state index contributed by atoms with van der Waals surface area (Å²) in [5, 5.41) is 11.5. The van der Waals surface area contributed by atoms with Gasteiger partial charge in [0.15, 0.2) is 28.8 Å². The lowest BCUT2D eigenvalue weighted by molar-refractivity contribution is -0.141. The van der Waals surface area contributed by atoms with Crippen molar-refractivity contribution in [3.8, 4) is 5.75 Å². The van der Waals surface area contributed by atoms with E-state index in [1.165, 1.54) is 0 Å². The van der Waals surface area contributed by atoms with Gasteiger partial charge in [0.2, 0.25) is 17.5 Å². The first kappa shape index (κ1) is 25.9. The molecule has 2 heterocycles. The summed E-state index contributed by atoms with van der Waals surface area (Å²) in [6.07, 6.45) is -0.125. The Hall–Kier alpha value is -4.16. The molecule has 1 saturated heterocycles. The third kappa shape index (κ3) is 5.81. The molecule has 1 atom stereocenters. The van der Waals surface area contributed by atoms with Crippen molar-refractivity contribution in [2.45, 2.75) is 25.3 Å². The minimum atomic E-state index is -1.85. The predicted molar refractivity (Wildman–Crippen MR) is 120 cm³/mol.